The van der Waals surface area contributed by atoms with E-state index in [1.54, 1.807) is 0 Å². The number of hydrogen-bond acceptors (Lipinski definition) is 8. The third kappa shape index (κ3) is 6.87. The zero-order chi connectivity index (χ0) is 23.5. The first-order chi connectivity index (χ1) is 15.1. The summed E-state index contributed by atoms with van der Waals surface area (Å²) < 4.78 is 12.1. The summed E-state index contributed by atoms with van der Waals surface area (Å²) in [6, 6.07) is 7.34. The minimum absolute atomic E-state index is 0.0356. The molecule has 0 fully saturated rings. The molecule has 0 aliphatic rings. The minimum atomic E-state index is -4.27. The summed E-state index contributed by atoms with van der Waals surface area (Å²) in [5.41, 5.74) is 1.32. The number of hydrogen-bond donors (Lipinski definition) is 4. The molecule has 2 aromatic heterocycles. The molecule has 1 aromatic carbocycles. The summed E-state index contributed by atoms with van der Waals surface area (Å²) in [5, 5.41) is 14.5. The minimum Gasteiger partial charge on any atom is -0.394 e. The van der Waals surface area contributed by atoms with Crippen LogP contribution in [-0.4, -0.2) is 42.5 Å². The van der Waals surface area contributed by atoms with Gasteiger partial charge in [0.15, 0.2) is 16.6 Å². The molecule has 0 aliphatic carbocycles. The predicted octanol–water partition coefficient (Wildman–Crippen LogP) is 5.09. The molecule has 174 valence electrons. The van der Waals surface area contributed by atoms with Crippen LogP contribution in [0, 0.1) is 5.92 Å². The van der Waals surface area contributed by atoms with Crippen LogP contribution in [0.1, 0.15) is 43.0 Å². The van der Waals surface area contributed by atoms with Crippen LogP contribution in [0.5, 0.6) is 0 Å². The van der Waals surface area contributed by atoms with E-state index in [4.69, 9.17) is 11.6 Å². The van der Waals surface area contributed by atoms with Crippen molar-refractivity contribution in [3.05, 3.63) is 39.9 Å². The van der Waals surface area contributed by atoms with E-state index >= 15 is 0 Å². The Bertz CT molecular complexity index is 1120. The summed E-state index contributed by atoms with van der Waals surface area (Å²) >= 11 is 8.89. The van der Waals surface area contributed by atoms with Crippen LogP contribution < -0.4 is 5.32 Å². The molecule has 3 rings (SSSR count). The maximum absolute atomic E-state index is 11.5. The quantitative estimate of drug-likeness (QED) is 0.165. The maximum atomic E-state index is 11.5. The van der Waals surface area contributed by atoms with Gasteiger partial charge < -0.3 is 20.2 Å². The van der Waals surface area contributed by atoms with E-state index in [1.807, 2.05) is 31.2 Å². The zero-order valence-corrected chi connectivity index (χ0v) is 21.2. The molecule has 4 N–H and O–H groups in total. The summed E-state index contributed by atoms with van der Waals surface area (Å²) in [5.74, 6) is 0.857. The number of thioether (sulfide) groups is 1. The van der Waals surface area contributed by atoms with Crippen LogP contribution >= 0.6 is 42.3 Å². The fourth-order valence-electron chi connectivity index (χ4n) is 3.21. The first-order valence-corrected chi connectivity index (χ1v) is 13.9. The van der Waals surface area contributed by atoms with E-state index in [0.29, 0.717) is 32.3 Å². The lowest BCUT2D eigenvalue weighted by atomic mass is 10.0. The largest absolute Gasteiger partial charge is 0.394 e. The molecular formula is C20H26ClN4O4PS2. The second-order valence-electron chi connectivity index (χ2n) is 7.87. The Morgan fingerprint density at radius 1 is 1.19 bits per heavy atom. The Morgan fingerprint density at radius 3 is 2.53 bits per heavy atom. The van der Waals surface area contributed by atoms with Crippen molar-refractivity contribution in [1.29, 1.82) is 0 Å². The molecule has 0 saturated heterocycles. The van der Waals surface area contributed by atoms with Gasteiger partial charge in [-0.05, 0) is 30.9 Å². The predicted molar refractivity (Wildman–Crippen MR) is 131 cm³/mol. The van der Waals surface area contributed by atoms with Gasteiger partial charge in [-0.3, -0.25) is 4.57 Å². The van der Waals surface area contributed by atoms with Crippen molar-refractivity contribution >= 4 is 58.5 Å². The Kier molecular flexibility index (Phi) is 8.54. The molecular weight excluding hydrogens is 491 g/mol. The van der Waals surface area contributed by atoms with E-state index < -0.39 is 13.8 Å². The van der Waals surface area contributed by atoms with Crippen LogP contribution in [0.2, 0.25) is 5.02 Å². The van der Waals surface area contributed by atoms with Crippen LogP contribution in [0.4, 0.5) is 5.82 Å². The second kappa shape index (κ2) is 10.8. The lowest BCUT2D eigenvalue weighted by molar-refractivity contribution is 0.259. The number of anilines is 1. The molecule has 0 aliphatic heterocycles. The highest BCUT2D eigenvalue weighted by Crippen LogP contribution is 2.43. The van der Waals surface area contributed by atoms with Gasteiger partial charge in [0.25, 0.3) is 0 Å². The Morgan fingerprint density at radius 2 is 1.91 bits per heavy atom. The number of aliphatic hydroxyl groups is 1. The summed E-state index contributed by atoms with van der Waals surface area (Å²) in [7, 11) is -4.27. The Balaban J connectivity index is 1.99. The summed E-state index contributed by atoms with van der Waals surface area (Å²) in [6.45, 7) is 6.06. The molecule has 2 heterocycles. The summed E-state index contributed by atoms with van der Waals surface area (Å²) in [4.78, 5) is 32.2. The molecule has 0 saturated carbocycles. The van der Waals surface area contributed by atoms with E-state index in [1.165, 1.54) is 11.8 Å². The fraction of sp³-hybridized carbons (Fsp3) is 0.450. The summed E-state index contributed by atoms with van der Waals surface area (Å²) in [6.07, 6.45) is 0.274. The first kappa shape index (κ1) is 25.4. The molecule has 0 bridgehead atoms. The highest BCUT2D eigenvalue weighted by atomic mass is 35.5. The van der Waals surface area contributed by atoms with Crippen LogP contribution in [0.25, 0.3) is 10.3 Å². The Labute approximate surface area is 200 Å². The average Bonchev–Trinajstić information content (AvgIpc) is 3.08. The number of nitrogens with zero attached hydrogens (tertiary/aromatic N) is 3. The van der Waals surface area contributed by atoms with Crippen LogP contribution in [-0.2, 0) is 10.7 Å². The Hall–Kier alpha value is -1.26. The van der Waals surface area contributed by atoms with E-state index in [9.17, 15) is 19.5 Å². The number of thiazole rings is 1. The lowest BCUT2D eigenvalue weighted by Crippen LogP contribution is -2.26. The van der Waals surface area contributed by atoms with Gasteiger partial charge in [-0.2, -0.15) is 0 Å². The van der Waals surface area contributed by atoms with Crippen molar-refractivity contribution in [1.82, 2.24) is 15.0 Å². The van der Waals surface area contributed by atoms with Crippen molar-refractivity contribution in [3.8, 4) is 0 Å². The van der Waals surface area contributed by atoms with Gasteiger partial charge >= 0.3 is 7.60 Å². The number of halogens is 1. The van der Waals surface area contributed by atoms with Crippen LogP contribution in [0.3, 0.4) is 0 Å². The van der Waals surface area contributed by atoms with Crippen molar-refractivity contribution in [2.24, 2.45) is 5.92 Å². The van der Waals surface area contributed by atoms with Gasteiger partial charge in [0.1, 0.15) is 15.9 Å². The zero-order valence-electron chi connectivity index (χ0n) is 17.9. The molecule has 2 unspecified atom stereocenters. The van der Waals surface area contributed by atoms with Crippen molar-refractivity contribution in [2.75, 3.05) is 11.9 Å². The number of aromatic nitrogens is 3. The molecule has 0 spiro atoms. The van der Waals surface area contributed by atoms with Gasteiger partial charge in [-0.1, -0.05) is 55.4 Å². The standard InChI is InChI=1S/C20H26ClN4O4PS2/c1-11(2)8-13(9-26)22-18-17-19(23-16(32-17)10-30(27,28)29)25-20(24-18)31-12(3)14-6-4-5-7-15(14)21/h4-7,11-13,26H,8-10H2,1-3H3,(H,22,24,25)(H2,27,28,29). The topological polar surface area (TPSA) is 128 Å². The number of nitrogens with one attached hydrogen (secondary N) is 1. The third-order valence-corrected chi connectivity index (χ3v) is 7.88. The maximum Gasteiger partial charge on any atom is 0.332 e. The lowest BCUT2D eigenvalue weighted by Gasteiger charge is -2.19. The monoisotopic (exact) mass is 516 g/mol. The fourth-order valence-corrected chi connectivity index (χ4v) is 6.44. The number of benzene rings is 1. The molecule has 12 heteroatoms. The van der Waals surface area contributed by atoms with Gasteiger partial charge in [0.05, 0.1) is 12.6 Å². The van der Waals surface area contributed by atoms with Crippen molar-refractivity contribution in [2.45, 2.75) is 49.8 Å². The second-order valence-corrected chi connectivity index (χ2v) is 12.3. The van der Waals surface area contributed by atoms with Crippen molar-refractivity contribution in [3.63, 3.8) is 0 Å². The smallest absolute Gasteiger partial charge is 0.332 e. The number of fused-ring (bicyclic) bond motifs is 1. The van der Waals surface area contributed by atoms with E-state index in [0.717, 1.165) is 23.3 Å². The first-order valence-electron chi connectivity index (χ1n) is 10.1. The van der Waals surface area contributed by atoms with Gasteiger partial charge in [0, 0.05) is 10.3 Å². The molecule has 0 radical (unpaired) electrons. The molecule has 3 aromatic rings. The highest BCUT2D eigenvalue weighted by molar-refractivity contribution is 7.99. The number of aliphatic hydroxyl groups excluding tert-OH is 1. The number of rotatable bonds is 10. The average molecular weight is 517 g/mol. The molecule has 32 heavy (non-hydrogen) atoms. The van der Waals surface area contributed by atoms with Crippen LogP contribution in [0.15, 0.2) is 29.4 Å². The van der Waals surface area contributed by atoms with Gasteiger partial charge in [-0.25, -0.2) is 15.0 Å². The molecule has 0 amide bonds. The normalized spacial score (nSPS) is 14.1. The SMILES string of the molecule is CC(C)CC(CO)Nc1nc(SC(C)c2ccccc2Cl)nc2nc(CP(=O)(O)O)sc12. The van der Waals surface area contributed by atoms with Gasteiger partial charge in [-0.15, -0.1) is 11.3 Å². The molecule has 8 nitrogen and oxygen atoms in total. The third-order valence-electron chi connectivity index (χ3n) is 4.56. The van der Waals surface area contributed by atoms with Gasteiger partial charge in [0.2, 0.25) is 0 Å². The van der Waals surface area contributed by atoms with E-state index in [2.05, 4.69) is 34.1 Å². The molecule has 2 atom stereocenters. The van der Waals surface area contributed by atoms with Crippen molar-refractivity contribution < 1.29 is 19.5 Å². The van der Waals surface area contributed by atoms with E-state index in [-0.39, 0.29) is 22.9 Å². The highest BCUT2D eigenvalue weighted by Gasteiger charge is 2.22.